The maximum Gasteiger partial charge on any atom is 0.274 e. The molecule has 166 valence electrons. The summed E-state index contributed by atoms with van der Waals surface area (Å²) in [7, 11) is 1.62. The molecule has 3 aromatic heterocycles. The van der Waals surface area contributed by atoms with E-state index in [1.54, 1.807) is 29.1 Å². The number of pyridine rings is 1. The van der Waals surface area contributed by atoms with E-state index in [0.717, 1.165) is 12.8 Å². The molecule has 7 nitrogen and oxygen atoms in total. The van der Waals surface area contributed by atoms with Crippen molar-refractivity contribution in [3.05, 3.63) is 68.2 Å². The lowest BCUT2D eigenvalue weighted by molar-refractivity contribution is 0.0688. The van der Waals surface area contributed by atoms with E-state index in [0.29, 0.717) is 36.3 Å². The summed E-state index contributed by atoms with van der Waals surface area (Å²) >= 11 is 1.74. The summed E-state index contributed by atoms with van der Waals surface area (Å²) in [6.45, 7) is 4.12. The van der Waals surface area contributed by atoms with E-state index in [1.165, 1.54) is 26.4 Å². The molecule has 0 amide bonds. The van der Waals surface area contributed by atoms with Crippen LogP contribution in [0, 0.1) is 0 Å². The standard InChI is InChI=1S/C24H26N4O3S/c1-15(17-4-3-5-21-18(17)8-11-32-21)13-25-23-20-14-28(16-6-9-31-10-7-16)22(29)12-19(20)24(30)27(2)26-23/h3-5,8,11-12,14-16H,6-7,9-10,13H2,1-2H3,(H,25,26)/t15-/m0/s1. The van der Waals surface area contributed by atoms with Gasteiger partial charge in [-0.3, -0.25) is 9.59 Å². The highest BCUT2D eigenvalue weighted by Crippen LogP contribution is 2.30. The zero-order valence-corrected chi connectivity index (χ0v) is 19.0. The average Bonchev–Trinajstić information content (AvgIpc) is 3.30. The van der Waals surface area contributed by atoms with Crippen LogP contribution in [0.2, 0.25) is 0 Å². The maximum absolute atomic E-state index is 12.8. The van der Waals surface area contributed by atoms with Gasteiger partial charge >= 0.3 is 0 Å². The fraction of sp³-hybridized carbons (Fsp3) is 0.375. The number of rotatable bonds is 5. The van der Waals surface area contributed by atoms with Crippen molar-refractivity contribution < 1.29 is 4.74 Å². The van der Waals surface area contributed by atoms with Crippen LogP contribution in [-0.2, 0) is 11.8 Å². The molecule has 1 aliphatic rings. The minimum absolute atomic E-state index is 0.0766. The largest absolute Gasteiger partial charge is 0.381 e. The summed E-state index contributed by atoms with van der Waals surface area (Å²) in [6, 6.07) is 10.1. The van der Waals surface area contributed by atoms with Crippen molar-refractivity contribution in [2.24, 2.45) is 7.05 Å². The molecule has 0 bridgehead atoms. The predicted octanol–water partition coefficient (Wildman–Crippen LogP) is 3.88. The van der Waals surface area contributed by atoms with Gasteiger partial charge in [-0.15, -0.1) is 11.3 Å². The number of aryl methyl sites for hydroxylation is 1. The summed E-state index contributed by atoms with van der Waals surface area (Å²) < 4.78 is 9.77. The van der Waals surface area contributed by atoms with E-state index in [9.17, 15) is 9.59 Å². The predicted molar refractivity (Wildman–Crippen MR) is 129 cm³/mol. The molecule has 0 radical (unpaired) electrons. The third-order valence-electron chi connectivity index (χ3n) is 6.33. The Labute approximate surface area is 189 Å². The minimum Gasteiger partial charge on any atom is -0.381 e. The SMILES string of the molecule is C[C@@H](CNc1nn(C)c(=O)c2cc(=O)n(C3CCOCC3)cc12)c1cccc2sccc12. The second-order valence-electron chi connectivity index (χ2n) is 8.43. The summed E-state index contributed by atoms with van der Waals surface area (Å²) in [5.74, 6) is 0.857. The fourth-order valence-corrected chi connectivity index (χ4v) is 5.34. The van der Waals surface area contributed by atoms with Gasteiger partial charge in [0.2, 0.25) is 0 Å². The molecule has 1 aliphatic heterocycles. The van der Waals surface area contributed by atoms with Crippen LogP contribution in [0.1, 0.15) is 37.3 Å². The van der Waals surface area contributed by atoms with E-state index in [-0.39, 0.29) is 23.1 Å². The first kappa shape index (κ1) is 20.9. The Morgan fingerprint density at radius 2 is 2.00 bits per heavy atom. The quantitative estimate of drug-likeness (QED) is 0.499. The summed E-state index contributed by atoms with van der Waals surface area (Å²) in [6.07, 6.45) is 3.37. The van der Waals surface area contributed by atoms with Crippen molar-refractivity contribution in [3.63, 3.8) is 0 Å². The van der Waals surface area contributed by atoms with Crippen LogP contribution in [0.15, 0.2) is 51.5 Å². The molecule has 4 aromatic rings. The van der Waals surface area contributed by atoms with Gasteiger partial charge in [-0.05, 0) is 47.2 Å². The summed E-state index contributed by atoms with van der Waals surface area (Å²) in [4.78, 5) is 25.5. The van der Waals surface area contributed by atoms with Gasteiger partial charge in [0.1, 0.15) is 0 Å². The van der Waals surface area contributed by atoms with E-state index in [1.807, 2.05) is 0 Å². The zero-order chi connectivity index (χ0) is 22.2. The molecule has 0 unspecified atom stereocenters. The Morgan fingerprint density at radius 3 is 2.81 bits per heavy atom. The fourth-order valence-electron chi connectivity index (χ4n) is 4.52. The zero-order valence-electron chi connectivity index (χ0n) is 18.2. The first-order valence-corrected chi connectivity index (χ1v) is 11.8. The molecular weight excluding hydrogens is 424 g/mol. The van der Waals surface area contributed by atoms with Crippen LogP contribution in [0.3, 0.4) is 0 Å². The smallest absolute Gasteiger partial charge is 0.274 e. The highest BCUT2D eigenvalue weighted by molar-refractivity contribution is 7.17. The van der Waals surface area contributed by atoms with E-state index < -0.39 is 0 Å². The number of anilines is 1. The number of thiophene rings is 1. The Hall–Kier alpha value is -2.97. The van der Waals surface area contributed by atoms with Crippen LogP contribution >= 0.6 is 11.3 Å². The molecule has 1 atom stereocenters. The van der Waals surface area contributed by atoms with Gasteiger partial charge < -0.3 is 14.6 Å². The van der Waals surface area contributed by atoms with Crippen molar-refractivity contribution in [2.45, 2.75) is 31.7 Å². The van der Waals surface area contributed by atoms with Crippen molar-refractivity contribution in [2.75, 3.05) is 25.1 Å². The second kappa shape index (κ2) is 8.52. The molecule has 0 spiro atoms. The van der Waals surface area contributed by atoms with Gasteiger partial charge in [-0.1, -0.05) is 19.1 Å². The van der Waals surface area contributed by atoms with Crippen molar-refractivity contribution in [1.29, 1.82) is 0 Å². The molecule has 1 saturated heterocycles. The number of benzene rings is 1. The Kier molecular flexibility index (Phi) is 5.57. The van der Waals surface area contributed by atoms with Crippen LogP contribution in [0.5, 0.6) is 0 Å². The van der Waals surface area contributed by atoms with Crippen LogP contribution in [0.25, 0.3) is 20.9 Å². The van der Waals surface area contributed by atoms with Gasteiger partial charge in [0.25, 0.3) is 11.1 Å². The molecule has 4 heterocycles. The van der Waals surface area contributed by atoms with Crippen LogP contribution in [0.4, 0.5) is 5.82 Å². The molecule has 0 saturated carbocycles. The number of aromatic nitrogens is 3. The van der Waals surface area contributed by atoms with Crippen molar-refractivity contribution >= 4 is 38.0 Å². The average molecular weight is 451 g/mol. The number of ether oxygens (including phenoxy) is 1. The highest BCUT2D eigenvalue weighted by Gasteiger charge is 2.20. The lowest BCUT2D eigenvalue weighted by atomic mass is 9.98. The van der Waals surface area contributed by atoms with Gasteiger partial charge in [0.15, 0.2) is 5.82 Å². The van der Waals surface area contributed by atoms with Crippen LogP contribution in [-0.4, -0.2) is 34.1 Å². The monoisotopic (exact) mass is 450 g/mol. The molecule has 1 N–H and O–H groups in total. The Morgan fingerprint density at radius 1 is 1.19 bits per heavy atom. The first-order chi connectivity index (χ1) is 15.5. The van der Waals surface area contributed by atoms with Gasteiger partial charge in [-0.2, -0.15) is 5.10 Å². The summed E-state index contributed by atoms with van der Waals surface area (Å²) in [5, 5.41) is 12.4. The number of fused-ring (bicyclic) bond motifs is 2. The van der Waals surface area contributed by atoms with Crippen LogP contribution < -0.4 is 16.4 Å². The molecular formula is C24H26N4O3S. The lowest BCUT2D eigenvalue weighted by Crippen LogP contribution is -2.30. The van der Waals surface area contributed by atoms with Gasteiger partial charge in [0.05, 0.1) is 5.39 Å². The second-order valence-corrected chi connectivity index (χ2v) is 9.38. The molecule has 8 heteroatoms. The van der Waals surface area contributed by atoms with Gasteiger partial charge in [0, 0.05) is 55.2 Å². The van der Waals surface area contributed by atoms with Crippen molar-refractivity contribution in [1.82, 2.24) is 14.3 Å². The Balaban J connectivity index is 1.51. The third-order valence-corrected chi connectivity index (χ3v) is 7.21. The van der Waals surface area contributed by atoms with E-state index in [2.05, 4.69) is 47.0 Å². The number of nitrogens with one attached hydrogen (secondary N) is 1. The molecule has 32 heavy (non-hydrogen) atoms. The van der Waals surface area contributed by atoms with Gasteiger partial charge in [-0.25, -0.2) is 4.68 Å². The minimum atomic E-state index is -0.266. The maximum atomic E-state index is 12.8. The van der Waals surface area contributed by atoms with E-state index >= 15 is 0 Å². The highest BCUT2D eigenvalue weighted by atomic mass is 32.1. The number of hydrogen-bond donors (Lipinski definition) is 1. The molecule has 1 fully saturated rings. The molecule has 5 rings (SSSR count). The van der Waals surface area contributed by atoms with Crippen molar-refractivity contribution in [3.8, 4) is 0 Å². The third kappa shape index (κ3) is 3.73. The molecule has 0 aliphatic carbocycles. The normalized spacial score (nSPS) is 15.9. The summed E-state index contributed by atoms with van der Waals surface area (Å²) in [5.41, 5.74) is 0.860. The number of hydrogen-bond acceptors (Lipinski definition) is 6. The Bertz CT molecular complexity index is 1400. The van der Waals surface area contributed by atoms with E-state index in [4.69, 9.17) is 4.74 Å². The lowest BCUT2D eigenvalue weighted by Gasteiger charge is -2.24. The topological polar surface area (TPSA) is 78.2 Å². The first-order valence-electron chi connectivity index (χ1n) is 10.9. The number of nitrogens with zero attached hydrogens (tertiary/aromatic N) is 3. The molecule has 1 aromatic carbocycles.